The van der Waals surface area contributed by atoms with Crippen LogP contribution in [0.25, 0.3) is 0 Å². The Morgan fingerprint density at radius 3 is 2.22 bits per heavy atom. The fourth-order valence-electron chi connectivity index (χ4n) is 1.94. The van der Waals surface area contributed by atoms with Gasteiger partial charge in [0.25, 0.3) is 0 Å². The van der Waals surface area contributed by atoms with Crippen LogP contribution in [0.15, 0.2) is 48.5 Å². The second kappa shape index (κ2) is 6.29. The van der Waals surface area contributed by atoms with Gasteiger partial charge >= 0.3 is 0 Å². The number of hydrogen-bond donors (Lipinski definition) is 1. The van der Waals surface area contributed by atoms with Crippen LogP contribution in [0.2, 0.25) is 0 Å². The first-order valence-electron chi connectivity index (χ1n) is 5.86. The van der Waals surface area contributed by atoms with Gasteiger partial charge in [0.2, 0.25) is 0 Å². The zero-order valence-electron chi connectivity index (χ0n) is 10.2. The van der Waals surface area contributed by atoms with Crippen molar-refractivity contribution in [3.8, 4) is 0 Å². The third kappa shape index (κ3) is 3.53. The Hall–Kier alpha value is -0.940. The van der Waals surface area contributed by atoms with Crippen molar-refractivity contribution in [2.45, 2.75) is 12.5 Å². The van der Waals surface area contributed by atoms with Crippen LogP contribution in [0, 0.1) is 9.39 Å². The molecule has 0 saturated heterocycles. The molecule has 1 nitrogen and oxygen atoms in total. The number of benzene rings is 2. The zero-order valence-corrected chi connectivity index (χ0v) is 12.3. The first kappa shape index (κ1) is 13.5. The Balaban J connectivity index is 2.14. The van der Waals surface area contributed by atoms with Gasteiger partial charge in [0.1, 0.15) is 5.82 Å². The molecule has 18 heavy (non-hydrogen) atoms. The van der Waals surface area contributed by atoms with Crippen molar-refractivity contribution in [3.05, 3.63) is 69.0 Å². The summed E-state index contributed by atoms with van der Waals surface area (Å²) in [4.78, 5) is 0. The molecule has 0 radical (unpaired) electrons. The van der Waals surface area contributed by atoms with Crippen molar-refractivity contribution in [3.63, 3.8) is 0 Å². The maximum Gasteiger partial charge on any atom is 0.123 e. The molecule has 0 heterocycles. The predicted molar refractivity (Wildman–Crippen MR) is 81.1 cm³/mol. The molecular formula is C15H15FIN. The molecule has 0 saturated carbocycles. The maximum absolute atomic E-state index is 12.9. The van der Waals surface area contributed by atoms with E-state index in [4.69, 9.17) is 0 Å². The van der Waals surface area contributed by atoms with Crippen LogP contribution in [0.1, 0.15) is 17.2 Å². The summed E-state index contributed by atoms with van der Waals surface area (Å²) in [7, 11) is 1.93. The Labute approximate surface area is 121 Å². The van der Waals surface area contributed by atoms with Crippen LogP contribution in [0.4, 0.5) is 4.39 Å². The molecule has 0 bridgehead atoms. The Morgan fingerprint density at radius 1 is 1.06 bits per heavy atom. The Kier molecular flexibility index (Phi) is 4.72. The molecule has 0 amide bonds. The van der Waals surface area contributed by atoms with Gasteiger partial charge < -0.3 is 5.32 Å². The zero-order chi connectivity index (χ0) is 13.0. The van der Waals surface area contributed by atoms with Gasteiger partial charge in [-0.2, -0.15) is 0 Å². The molecule has 2 aromatic rings. The van der Waals surface area contributed by atoms with E-state index in [0.29, 0.717) is 0 Å². The molecule has 0 aromatic heterocycles. The molecule has 2 rings (SSSR count). The quantitative estimate of drug-likeness (QED) is 0.820. The van der Waals surface area contributed by atoms with Crippen LogP contribution >= 0.6 is 22.6 Å². The van der Waals surface area contributed by atoms with Crippen LogP contribution in [0.5, 0.6) is 0 Å². The van der Waals surface area contributed by atoms with Crippen molar-refractivity contribution < 1.29 is 4.39 Å². The average molecular weight is 355 g/mol. The highest BCUT2D eigenvalue weighted by atomic mass is 127. The number of likely N-dealkylation sites (N-methyl/N-ethyl adjacent to an activating group) is 1. The summed E-state index contributed by atoms with van der Waals surface area (Å²) in [6.07, 6.45) is 0.902. The second-order valence-corrected chi connectivity index (χ2v) is 5.47. The molecule has 94 valence electrons. The van der Waals surface area contributed by atoms with E-state index in [2.05, 4.69) is 52.2 Å². The predicted octanol–water partition coefficient (Wildman–Crippen LogP) is 3.93. The fourth-order valence-corrected chi connectivity index (χ4v) is 2.30. The molecule has 1 unspecified atom stereocenters. The van der Waals surface area contributed by atoms with E-state index in [1.807, 2.05) is 19.2 Å². The summed E-state index contributed by atoms with van der Waals surface area (Å²) in [5.74, 6) is -0.192. The van der Waals surface area contributed by atoms with Crippen molar-refractivity contribution in [2.24, 2.45) is 0 Å². The first-order valence-corrected chi connectivity index (χ1v) is 6.94. The second-order valence-electron chi connectivity index (χ2n) is 4.22. The lowest BCUT2D eigenvalue weighted by molar-refractivity contribution is 0.586. The summed E-state index contributed by atoms with van der Waals surface area (Å²) in [6.45, 7) is 0. The molecule has 2 aromatic carbocycles. The first-order chi connectivity index (χ1) is 8.69. The van der Waals surface area contributed by atoms with Gasteiger partial charge in [0.05, 0.1) is 0 Å². The highest BCUT2D eigenvalue weighted by Gasteiger charge is 2.09. The average Bonchev–Trinajstić information content (AvgIpc) is 2.39. The molecule has 0 spiro atoms. The molecular weight excluding hydrogens is 340 g/mol. The van der Waals surface area contributed by atoms with E-state index < -0.39 is 0 Å². The standard InChI is InChI=1S/C15H15FIN/c1-18-15(12-4-6-13(16)7-5-12)10-11-2-8-14(17)9-3-11/h2-9,15,18H,10H2,1H3. The van der Waals surface area contributed by atoms with Gasteiger partial charge in [-0.1, -0.05) is 24.3 Å². The lowest BCUT2D eigenvalue weighted by Crippen LogP contribution is -2.18. The largest absolute Gasteiger partial charge is 0.313 e. The molecule has 3 heteroatoms. The van der Waals surface area contributed by atoms with Crippen molar-refractivity contribution in [1.29, 1.82) is 0 Å². The van der Waals surface area contributed by atoms with Crippen LogP contribution < -0.4 is 5.32 Å². The highest BCUT2D eigenvalue weighted by molar-refractivity contribution is 14.1. The van der Waals surface area contributed by atoms with E-state index in [1.165, 1.54) is 21.3 Å². The van der Waals surface area contributed by atoms with Gasteiger partial charge in [-0.3, -0.25) is 0 Å². The lowest BCUT2D eigenvalue weighted by atomic mass is 9.99. The minimum Gasteiger partial charge on any atom is -0.313 e. The fraction of sp³-hybridized carbons (Fsp3) is 0.200. The smallest absolute Gasteiger partial charge is 0.123 e. The topological polar surface area (TPSA) is 12.0 Å². The number of rotatable bonds is 4. The van der Waals surface area contributed by atoms with Crippen molar-refractivity contribution >= 4 is 22.6 Å². The third-order valence-electron chi connectivity index (χ3n) is 2.97. The minimum atomic E-state index is -0.192. The van der Waals surface area contributed by atoms with Gasteiger partial charge in [0.15, 0.2) is 0 Å². The van der Waals surface area contributed by atoms with E-state index >= 15 is 0 Å². The van der Waals surface area contributed by atoms with Crippen molar-refractivity contribution in [2.75, 3.05) is 7.05 Å². The molecule has 1 N–H and O–H groups in total. The van der Waals surface area contributed by atoms with Gasteiger partial charge in [-0.05, 0) is 71.5 Å². The molecule has 0 aliphatic carbocycles. The Morgan fingerprint density at radius 2 is 1.67 bits per heavy atom. The third-order valence-corrected chi connectivity index (χ3v) is 3.69. The molecule has 0 fully saturated rings. The van der Waals surface area contributed by atoms with Crippen LogP contribution in [-0.4, -0.2) is 7.05 Å². The molecule has 0 aliphatic rings. The van der Waals surface area contributed by atoms with Gasteiger partial charge in [-0.25, -0.2) is 4.39 Å². The summed E-state index contributed by atoms with van der Waals surface area (Å²) in [5, 5.41) is 3.28. The summed E-state index contributed by atoms with van der Waals surface area (Å²) in [5.41, 5.74) is 2.39. The summed E-state index contributed by atoms with van der Waals surface area (Å²) < 4.78 is 14.1. The van der Waals surface area contributed by atoms with E-state index in [0.717, 1.165) is 12.0 Å². The van der Waals surface area contributed by atoms with Crippen LogP contribution in [-0.2, 0) is 6.42 Å². The molecule has 0 aliphatic heterocycles. The van der Waals surface area contributed by atoms with Gasteiger partial charge in [-0.15, -0.1) is 0 Å². The summed E-state index contributed by atoms with van der Waals surface area (Å²) >= 11 is 2.30. The number of hydrogen-bond acceptors (Lipinski definition) is 1. The SMILES string of the molecule is CNC(Cc1ccc(I)cc1)c1ccc(F)cc1. The normalized spacial score (nSPS) is 12.4. The Bertz CT molecular complexity index is 493. The van der Waals surface area contributed by atoms with E-state index in [-0.39, 0.29) is 11.9 Å². The molecule has 1 atom stereocenters. The summed E-state index contributed by atoms with van der Waals surface area (Å²) in [6, 6.07) is 15.4. The maximum atomic E-state index is 12.9. The highest BCUT2D eigenvalue weighted by Crippen LogP contribution is 2.19. The monoisotopic (exact) mass is 355 g/mol. The lowest BCUT2D eigenvalue weighted by Gasteiger charge is -2.16. The van der Waals surface area contributed by atoms with Crippen molar-refractivity contribution in [1.82, 2.24) is 5.32 Å². The van der Waals surface area contributed by atoms with Gasteiger partial charge in [0, 0.05) is 9.61 Å². The van der Waals surface area contributed by atoms with E-state index in [9.17, 15) is 4.39 Å². The number of halogens is 2. The number of nitrogens with one attached hydrogen (secondary N) is 1. The van der Waals surface area contributed by atoms with E-state index in [1.54, 1.807) is 0 Å². The van der Waals surface area contributed by atoms with Crippen LogP contribution in [0.3, 0.4) is 0 Å². The minimum absolute atomic E-state index is 0.192.